The molecule has 0 aliphatic carbocycles. The maximum absolute atomic E-state index is 12.2. The average Bonchev–Trinajstić information content (AvgIpc) is 3.18. The molecule has 1 aliphatic heterocycles. The van der Waals surface area contributed by atoms with Crippen molar-refractivity contribution in [3.8, 4) is 0 Å². The predicted molar refractivity (Wildman–Crippen MR) is 110 cm³/mol. The number of aromatic amines is 1. The Bertz CT molecular complexity index is 993. The van der Waals surface area contributed by atoms with Gasteiger partial charge in [-0.15, -0.1) is 11.3 Å². The highest BCUT2D eigenvalue weighted by Crippen LogP contribution is 2.15. The molecule has 1 aromatic carbocycles. The number of carbonyl (C=O) groups is 1. The molecule has 3 aromatic rings. The van der Waals surface area contributed by atoms with Gasteiger partial charge in [-0.2, -0.15) is 0 Å². The van der Waals surface area contributed by atoms with Crippen LogP contribution in [0.1, 0.15) is 11.4 Å². The van der Waals surface area contributed by atoms with E-state index in [0.717, 1.165) is 36.6 Å². The van der Waals surface area contributed by atoms with E-state index >= 15 is 0 Å². The quantitative estimate of drug-likeness (QED) is 0.658. The number of fused-ring (bicyclic) bond motifs is 1. The summed E-state index contributed by atoms with van der Waals surface area (Å²) in [6.07, 6.45) is 0. The first-order valence-electron chi connectivity index (χ1n) is 9.39. The Morgan fingerprint density at radius 1 is 1.11 bits per heavy atom. The minimum Gasteiger partial charge on any atom is -0.351 e. The maximum Gasteiger partial charge on any atom is 0.259 e. The molecule has 8 heteroatoms. The fraction of sp³-hybridized carbons (Fsp3) is 0.350. The monoisotopic (exact) mass is 397 g/mol. The number of H-pyrrole nitrogens is 1. The largest absolute Gasteiger partial charge is 0.351 e. The number of amides is 1. The van der Waals surface area contributed by atoms with E-state index in [0.29, 0.717) is 30.8 Å². The number of rotatable bonds is 6. The fourth-order valence-electron chi connectivity index (χ4n) is 3.36. The van der Waals surface area contributed by atoms with Gasteiger partial charge in [0.1, 0.15) is 10.7 Å². The van der Waals surface area contributed by atoms with Crippen LogP contribution in [0.2, 0.25) is 0 Å². The number of hydrogen-bond acceptors (Lipinski definition) is 6. The van der Waals surface area contributed by atoms with E-state index < -0.39 is 0 Å². The smallest absolute Gasteiger partial charge is 0.259 e. The summed E-state index contributed by atoms with van der Waals surface area (Å²) in [5.74, 6) is 0.750. The number of nitrogens with one attached hydrogen (secondary N) is 2. The lowest BCUT2D eigenvalue weighted by atomic mass is 10.2. The molecule has 1 aliphatic rings. The summed E-state index contributed by atoms with van der Waals surface area (Å²) in [7, 11) is 0. The Kier molecular flexibility index (Phi) is 5.80. The zero-order chi connectivity index (χ0) is 19.3. The molecular formula is C20H23N5O2S. The van der Waals surface area contributed by atoms with Crippen LogP contribution in [-0.4, -0.2) is 58.4 Å². The SMILES string of the molecule is O=C(CN1CCN(Cc2nc3sccc3c(=O)[nH]2)CC1)NCc1ccccc1. The molecule has 28 heavy (non-hydrogen) atoms. The van der Waals surface area contributed by atoms with Crippen molar-refractivity contribution in [2.24, 2.45) is 0 Å². The summed E-state index contributed by atoms with van der Waals surface area (Å²) < 4.78 is 0. The summed E-state index contributed by atoms with van der Waals surface area (Å²) in [4.78, 5) is 36.9. The van der Waals surface area contributed by atoms with Crippen LogP contribution in [0.3, 0.4) is 0 Å². The molecule has 1 amide bonds. The third-order valence-electron chi connectivity index (χ3n) is 4.92. The molecule has 146 valence electrons. The number of hydrogen-bond donors (Lipinski definition) is 2. The zero-order valence-electron chi connectivity index (χ0n) is 15.6. The Hall–Kier alpha value is -2.55. The number of benzene rings is 1. The van der Waals surface area contributed by atoms with Gasteiger partial charge in [-0.05, 0) is 17.0 Å². The van der Waals surface area contributed by atoms with Crippen molar-refractivity contribution >= 4 is 27.5 Å². The molecule has 0 unspecified atom stereocenters. The third-order valence-corrected chi connectivity index (χ3v) is 5.73. The molecule has 0 radical (unpaired) electrons. The van der Waals surface area contributed by atoms with Gasteiger partial charge in [0.2, 0.25) is 5.91 Å². The highest BCUT2D eigenvalue weighted by molar-refractivity contribution is 7.16. The second-order valence-electron chi connectivity index (χ2n) is 6.97. The minimum absolute atomic E-state index is 0.0476. The van der Waals surface area contributed by atoms with Crippen LogP contribution in [0.4, 0.5) is 0 Å². The molecule has 0 saturated carbocycles. The summed E-state index contributed by atoms with van der Waals surface area (Å²) in [5.41, 5.74) is 1.03. The predicted octanol–water partition coefficient (Wildman–Crippen LogP) is 1.42. The molecular weight excluding hydrogens is 374 g/mol. The molecule has 1 fully saturated rings. The number of nitrogens with zero attached hydrogens (tertiary/aromatic N) is 3. The van der Waals surface area contributed by atoms with E-state index in [2.05, 4.69) is 25.1 Å². The van der Waals surface area contributed by atoms with Crippen LogP contribution in [0, 0.1) is 0 Å². The van der Waals surface area contributed by atoms with Crippen molar-refractivity contribution in [1.29, 1.82) is 0 Å². The molecule has 7 nitrogen and oxygen atoms in total. The van der Waals surface area contributed by atoms with Crippen molar-refractivity contribution < 1.29 is 4.79 Å². The van der Waals surface area contributed by atoms with Crippen LogP contribution in [0.15, 0.2) is 46.6 Å². The lowest BCUT2D eigenvalue weighted by Crippen LogP contribution is -2.49. The second-order valence-corrected chi connectivity index (χ2v) is 7.86. The first kappa shape index (κ1) is 18.8. The van der Waals surface area contributed by atoms with Crippen LogP contribution in [0.25, 0.3) is 10.2 Å². The molecule has 3 heterocycles. The van der Waals surface area contributed by atoms with Gasteiger partial charge in [0.25, 0.3) is 5.56 Å². The van der Waals surface area contributed by atoms with Gasteiger partial charge in [-0.25, -0.2) is 4.98 Å². The number of piperazine rings is 1. The summed E-state index contributed by atoms with van der Waals surface area (Å²) >= 11 is 1.49. The van der Waals surface area contributed by atoms with Gasteiger partial charge in [0.15, 0.2) is 0 Å². The van der Waals surface area contributed by atoms with Gasteiger partial charge >= 0.3 is 0 Å². The van der Waals surface area contributed by atoms with Crippen LogP contribution in [-0.2, 0) is 17.9 Å². The Labute approximate surface area is 167 Å². The molecule has 0 spiro atoms. The van der Waals surface area contributed by atoms with Crippen LogP contribution < -0.4 is 10.9 Å². The van der Waals surface area contributed by atoms with Gasteiger partial charge in [0, 0.05) is 32.7 Å². The molecule has 0 bridgehead atoms. The van der Waals surface area contributed by atoms with Crippen molar-refractivity contribution in [3.63, 3.8) is 0 Å². The first-order chi connectivity index (χ1) is 13.7. The highest BCUT2D eigenvalue weighted by atomic mass is 32.1. The molecule has 0 atom stereocenters. The highest BCUT2D eigenvalue weighted by Gasteiger charge is 2.20. The Morgan fingerprint density at radius 3 is 2.64 bits per heavy atom. The molecule has 2 aromatic heterocycles. The average molecular weight is 398 g/mol. The zero-order valence-corrected chi connectivity index (χ0v) is 16.4. The van der Waals surface area contributed by atoms with Crippen molar-refractivity contribution in [2.45, 2.75) is 13.1 Å². The van der Waals surface area contributed by atoms with Gasteiger partial charge in [-0.3, -0.25) is 19.4 Å². The van der Waals surface area contributed by atoms with Crippen LogP contribution >= 0.6 is 11.3 Å². The Morgan fingerprint density at radius 2 is 1.86 bits per heavy atom. The van der Waals surface area contributed by atoms with Crippen LogP contribution in [0.5, 0.6) is 0 Å². The third kappa shape index (κ3) is 4.64. The number of thiophene rings is 1. The topological polar surface area (TPSA) is 81.3 Å². The first-order valence-corrected chi connectivity index (χ1v) is 10.3. The minimum atomic E-state index is -0.0741. The summed E-state index contributed by atoms with van der Waals surface area (Å²) in [6.45, 7) is 4.93. The van der Waals surface area contributed by atoms with E-state index in [-0.39, 0.29) is 11.5 Å². The van der Waals surface area contributed by atoms with E-state index in [1.54, 1.807) is 6.07 Å². The van der Waals surface area contributed by atoms with Crippen molar-refractivity contribution in [2.75, 3.05) is 32.7 Å². The van der Waals surface area contributed by atoms with E-state index in [1.807, 2.05) is 35.7 Å². The lowest BCUT2D eigenvalue weighted by molar-refractivity contribution is -0.122. The van der Waals surface area contributed by atoms with Crippen molar-refractivity contribution in [3.05, 3.63) is 63.5 Å². The number of carbonyl (C=O) groups excluding carboxylic acids is 1. The van der Waals surface area contributed by atoms with Crippen molar-refractivity contribution in [1.82, 2.24) is 25.1 Å². The maximum atomic E-state index is 12.2. The fourth-order valence-corrected chi connectivity index (χ4v) is 4.14. The summed E-state index contributed by atoms with van der Waals surface area (Å²) in [5, 5.41) is 5.52. The van der Waals surface area contributed by atoms with Gasteiger partial charge in [0.05, 0.1) is 18.5 Å². The lowest BCUT2D eigenvalue weighted by Gasteiger charge is -2.33. The Balaban J connectivity index is 1.24. The molecule has 4 rings (SSSR count). The van der Waals surface area contributed by atoms with E-state index in [9.17, 15) is 9.59 Å². The summed E-state index contributed by atoms with van der Waals surface area (Å²) in [6, 6.07) is 11.7. The molecule has 1 saturated heterocycles. The standard InChI is InChI=1S/C20H23N5O2S/c26-18(21-12-15-4-2-1-3-5-15)14-25-9-7-24(8-10-25)13-17-22-19(27)16-6-11-28-20(16)23-17/h1-6,11H,7-10,12-14H2,(H,21,26)(H,22,23,27). The van der Waals surface area contributed by atoms with Gasteiger partial charge in [-0.1, -0.05) is 30.3 Å². The van der Waals surface area contributed by atoms with Gasteiger partial charge < -0.3 is 10.3 Å². The van der Waals surface area contributed by atoms with E-state index in [1.165, 1.54) is 11.3 Å². The van der Waals surface area contributed by atoms with E-state index in [4.69, 9.17) is 0 Å². The number of aromatic nitrogens is 2. The molecule has 2 N–H and O–H groups in total. The normalized spacial score (nSPS) is 15.7. The second kappa shape index (κ2) is 8.64.